The van der Waals surface area contributed by atoms with Crippen LogP contribution in [0.25, 0.3) is 0 Å². The zero-order chi connectivity index (χ0) is 8.43. The molecule has 0 aromatic heterocycles. The summed E-state index contributed by atoms with van der Waals surface area (Å²) in [7, 11) is 0. The van der Waals surface area contributed by atoms with Gasteiger partial charge >= 0.3 is 0 Å². The molecule has 0 saturated heterocycles. The Hall–Kier alpha value is -0.830. The van der Waals surface area contributed by atoms with Crippen molar-refractivity contribution < 1.29 is 9.90 Å². The standard InChI is InChI=1S/C8H13NO2/c1-6-3-4-8(11)9(6)7(2)5-10/h3,7,10H,4-5H2,1-2H3/t7-/m0/s1. The van der Waals surface area contributed by atoms with Gasteiger partial charge in [-0.05, 0) is 13.8 Å². The van der Waals surface area contributed by atoms with Crippen LogP contribution < -0.4 is 0 Å². The lowest BCUT2D eigenvalue weighted by Gasteiger charge is -2.23. The van der Waals surface area contributed by atoms with Gasteiger partial charge in [-0.1, -0.05) is 6.08 Å². The Morgan fingerprint density at radius 3 is 2.82 bits per heavy atom. The molecule has 11 heavy (non-hydrogen) atoms. The minimum Gasteiger partial charge on any atom is -0.394 e. The number of hydrogen-bond acceptors (Lipinski definition) is 2. The summed E-state index contributed by atoms with van der Waals surface area (Å²) < 4.78 is 0. The molecule has 0 unspecified atom stereocenters. The molecule has 0 saturated carbocycles. The summed E-state index contributed by atoms with van der Waals surface area (Å²) in [6.07, 6.45) is 2.37. The van der Waals surface area contributed by atoms with Gasteiger partial charge in [0.15, 0.2) is 0 Å². The van der Waals surface area contributed by atoms with E-state index in [9.17, 15) is 4.79 Å². The van der Waals surface area contributed by atoms with Crippen molar-refractivity contribution in [1.29, 1.82) is 0 Å². The maximum atomic E-state index is 11.1. The number of allylic oxidation sites excluding steroid dienone is 1. The van der Waals surface area contributed by atoms with E-state index in [1.165, 1.54) is 0 Å². The van der Waals surface area contributed by atoms with Crippen molar-refractivity contribution in [3.8, 4) is 0 Å². The normalized spacial score (nSPS) is 20.5. The molecule has 1 rings (SSSR count). The molecule has 1 aliphatic heterocycles. The van der Waals surface area contributed by atoms with Crippen LogP contribution in [0.1, 0.15) is 20.3 Å². The summed E-state index contributed by atoms with van der Waals surface area (Å²) in [5.74, 6) is 0.0871. The molecular weight excluding hydrogens is 142 g/mol. The van der Waals surface area contributed by atoms with Crippen molar-refractivity contribution in [2.45, 2.75) is 26.3 Å². The molecule has 1 amide bonds. The second-order valence-corrected chi connectivity index (χ2v) is 2.84. The molecule has 0 aromatic carbocycles. The first-order chi connectivity index (χ1) is 5.16. The molecule has 0 spiro atoms. The molecule has 3 heteroatoms. The monoisotopic (exact) mass is 155 g/mol. The molecule has 1 heterocycles. The zero-order valence-corrected chi connectivity index (χ0v) is 6.87. The molecule has 62 valence electrons. The van der Waals surface area contributed by atoms with E-state index in [2.05, 4.69) is 0 Å². The van der Waals surface area contributed by atoms with Gasteiger partial charge in [0.05, 0.1) is 12.6 Å². The lowest BCUT2D eigenvalue weighted by atomic mass is 10.3. The summed E-state index contributed by atoms with van der Waals surface area (Å²) >= 11 is 0. The fourth-order valence-corrected chi connectivity index (χ4v) is 1.30. The highest BCUT2D eigenvalue weighted by atomic mass is 16.3. The number of carbonyl (C=O) groups excluding carboxylic acids is 1. The summed E-state index contributed by atoms with van der Waals surface area (Å²) in [4.78, 5) is 12.8. The van der Waals surface area contributed by atoms with Crippen LogP contribution in [-0.4, -0.2) is 28.6 Å². The predicted molar refractivity (Wildman–Crippen MR) is 41.8 cm³/mol. The van der Waals surface area contributed by atoms with E-state index in [1.54, 1.807) is 4.90 Å². The van der Waals surface area contributed by atoms with Crippen LogP contribution in [0.5, 0.6) is 0 Å². The van der Waals surface area contributed by atoms with E-state index in [4.69, 9.17) is 5.11 Å². The van der Waals surface area contributed by atoms with Crippen molar-refractivity contribution in [3.05, 3.63) is 11.8 Å². The molecule has 0 aliphatic carbocycles. The van der Waals surface area contributed by atoms with E-state index < -0.39 is 0 Å². The Morgan fingerprint density at radius 2 is 2.45 bits per heavy atom. The van der Waals surface area contributed by atoms with Gasteiger partial charge in [0, 0.05) is 12.1 Å². The molecule has 1 atom stereocenters. The van der Waals surface area contributed by atoms with Crippen LogP contribution in [0.4, 0.5) is 0 Å². The van der Waals surface area contributed by atoms with Gasteiger partial charge in [0.2, 0.25) is 5.91 Å². The molecule has 0 bridgehead atoms. The van der Waals surface area contributed by atoms with E-state index in [0.29, 0.717) is 6.42 Å². The maximum absolute atomic E-state index is 11.1. The Balaban J connectivity index is 2.69. The summed E-state index contributed by atoms with van der Waals surface area (Å²) in [6, 6.07) is -0.0822. The van der Waals surface area contributed by atoms with Gasteiger partial charge in [-0.2, -0.15) is 0 Å². The smallest absolute Gasteiger partial charge is 0.230 e. The van der Waals surface area contributed by atoms with Crippen LogP contribution >= 0.6 is 0 Å². The fourth-order valence-electron chi connectivity index (χ4n) is 1.30. The van der Waals surface area contributed by atoms with Crippen molar-refractivity contribution in [3.63, 3.8) is 0 Å². The molecule has 1 aliphatic rings. The first-order valence-electron chi connectivity index (χ1n) is 3.76. The third kappa shape index (κ3) is 1.43. The summed E-state index contributed by atoms with van der Waals surface area (Å²) in [5, 5.41) is 8.81. The molecular formula is C8H13NO2. The van der Waals surface area contributed by atoms with Gasteiger partial charge in [0.1, 0.15) is 0 Å². The van der Waals surface area contributed by atoms with E-state index in [1.807, 2.05) is 19.9 Å². The fraction of sp³-hybridized carbons (Fsp3) is 0.625. The molecule has 0 radical (unpaired) electrons. The quantitative estimate of drug-likeness (QED) is 0.631. The van der Waals surface area contributed by atoms with Gasteiger partial charge in [-0.25, -0.2) is 0 Å². The third-order valence-electron chi connectivity index (χ3n) is 1.93. The van der Waals surface area contributed by atoms with Crippen LogP contribution in [-0.2, 0) is 4.79 Å². The second-order valence-electron chi connectivity index (χ2n) is 2.84. The Morgan fingerprint density at radius 1 is 1.82 bits per heavy atom. The summed E-state index contributed by atoms with van der Waals surface area (Å²) in [5.41, 5.74) is 0.955. The molecule has 3 nitrogen and oxygen atoms in total. The molecule has 0 aromatic rings. The Kier molecular flexibility index (Phi) is 2.29. The molecule has 1 N–H and O–H groups in total. The van der Waals surface area contributed by atoms with Crippen molar-refractivity contribution in [2.75, 3.05) is 6.61 Å². The van der Waals surface area contributed by atoms with Gasteiger partial charge in [0.25, 0.3) is 0 Å². The number of carbonyl (C=O) groups is 1. The van der Waals surface area contributed by atoms with Crippen LogP contribution in [0.15, 0.2) is 11.8 Å². The number of hydrogen-bond donors (Lipinski definition) is 1. The number of aliphatic hydroxyl groups is 1. The number of nitrogens with zero attached hydrogens (tertiary/aromatic N) is 1. The molecule has 0 fully saturated rings. The first kappa shape index (κ1) is 8.27. The Bertz CT molecular complexity index is 198. The Labute approximate surface area is 66.3 Å². The van der Waals surface area contributed by atoms with Crippen molar-refractivity contribution in [2.24, 2.45) is 0 Å². The van der Waals surface area contributed by atoms with Gasteiger partial charge in [-0.15, -0.1) is 0 Å². The minimum absolute atomic E-state index is 0.0247. The first-order valence-corrected chi connectivity index (χ1v) is 3.76. The van der Waals surface area contributed by atoms with Crippen LogP contribution in [0, 0.1) is 0 Å². The third-order valence-corrected chi connectivity index (χ3v) is 1.93. The van der Waals surface area contributed by atoms with Crippen molar-refractivity contribution in [1.82, 2.24) is 4.90 Å². The largest absolute Gasteiger partial charge is 0.394 e. The number of aliphatic hydroxyl groups excluding tert-OH is 1. The second kappa shape index (κ2) is 3.05. The lowest BCUT2D eigenvalue weighted by molar-refractivity contribution is -0.129. The maximum Gasteiger partial charge on any atom is 0.230 e. The zero-order valence-electron chi connectivity index (χ0n) is 6.87. The SMILES string of the molecule is CC1=CCC(=O)N1[C@@H](C)CO. The van der Waals surface area contributed by atoms with Crippen molar-refractivity contribution >= 4 is 5.91 Å². The topological polar surface area (TPSA) is 40.5 Å². The van der Waals surface area contributed by atoms with E-state index >= 15 is 0 Å². The average molecular weight is 155 g/mol. The highest BCUT2D eigenvalue weighted by Crippen LogP contribution is 2.18. The number of amides is 1. The van der Waals surface area contributed by atoms with Gasteiger partial charge in [-0.3, -0.25) is 4.79 Å². The minimum atomic E-state index is -0.0822. The van der Waals surface area contributed by atoms with Crippen LogP contribution in [0.3, 0.4) is 0 Å². The lowest BCUT2D eigenvalue weighted by Crippen LogP contribution is -2.35. The predicted octanol–water partition coefficient (Wildman–Crippen LogP) is 0.503. The highest BCUT2D eigenvalue weighted by Gasteiger charge is 2.24. The number of rotatable bonds is 2. The van der Waals surface area contributed by atoms with E-state index in [-0.39, 0.29) is 18.6 Å². The average Bonchev–Trinajstić information content (AvgIpc) is 2.30. The van der Waals surface area contributed by atoms with Crippen LogP contribution in [0.2, 0.25) is 0 Å². The van der Waals surface area contributed by atoms with E-state index in [0.717, 1.165) is 5.70 Å². The highest BCUT2D eigenvalue weighted by molar-refractivity contribution is 5.82. The summed E-state index contributed by atoms with van der Waals surface area (Å²) in [6.45, 7) is 3.74. The van der Waals surface area contributed by atoms with Gasteiger partial charge < -0.3 is 10.0 Å².